The average molecular weight is 596 g/mol. The van der Waals surface area contributed by atoms with Gasteiger partial charge in [-0.25, -0.2) is 0 Å². The van der Waals surface area contributed by atoms with E-state index in [0.29, 0.717) is 29.7 Å². The molecule has 11 heteroatoms. The Balaban J connectivity index is 1.42. The number of amides is 1. The molecule has 1 aromatic carbocycles. The Bertz CT molecular complexity index is 1460. The highest BCUT2D eigenvalue weighted by molar-refractivity contribution is 6.24. The zero-order valence-electron chi connectivity index (χ0n) is 24.9. The monoisotopic (exact) mass is 595 g/mol. The first kappa shape index (κ1) is 29.7. The molecule has 0 bridgehead atoms. The molecular weight excluding hydrogens is 554 g/mol. The number of aliphatic hydroxyl groups excluding tert-OH is 2. The fraction of sp³-hybridized carbons (Fsp3) is 0.594. The van der Waals surface area contributed by atoms with Gasteiger partial charge in [-0.15, -0.1) is 0 Å². The number of Topliss-reactive ketones (excluding diaryl/α,β-unsaturated/α-hetero) is 2. The molecular formula is C32H41N3O8. The lowest BCUT2D eigenvalue weighted by Gasteiger charge is -2.50. The number of hydrogen-bond donors (Lipinski definition) is 5. The van der Waals surface area contributed by atoms with Crippen molar-refractivity contribution in [1.29, 1.82) is 0 Å². The molecule has 1 amide bonds. The predicted octanol–water partition coefficient (Wildman–Crippen LogP) is 2.14. The van der Waals surface area contributed by atoms with Gasteiger partial charge in [0.2, 0.25) is 5.78 Å². The van der Waals surface area contributed by atoms with E-state index in [-0.39, 0.29) is 29.7 Å². The van der Waals surface area contributed by atoms with Crippen molar-refractivity contribution in [3.8, 4) is 11.5 Å². The van der Waals surface area contributed by atoms with Crippen LogP contribution in [0.4, 0.5) is 0 Å². The number of aliphatic hydroxyl groups is 3. The van der Waals surface area contributed by atoms with Gasteiger partial charge in [-0.2, -0.15) is 0 Å². The molecule has 0 aliphatic heterocycles. The maximum Gasteiger partial charge on any atom is 0.255 e. The molecule has 6 N–H and O–H groups in total. The maximum atomic E-state index is 14.0. The molecule has 1 aromatic rings. The molecule has 2 fully saturated rings. The summed E-state index contributed by atoms with van der Waals surface area (Å²) in [5.74, 6) is -4.78. The van der Waals surface area contributed by atoms with Crippen molar-refractivity contribution < 1.29 is 39.5 Å². The summed E-state index contributed by atoms with van der Waals surface area (Å²) in [4.78, 5) is 43.6. The lowest BCUT2D eigenvalue weighted by molar-refractivity contribution is -0.148. The summed E-state index contributed by atoms with van der Waals surface area (Å²) in [6.07, 6.45) is 6.37. The smallest absolute Gasteiger partial charge is 0.255 e. The number of benzene rings is 1. The molecule has 4 atom stereocenters. The Kier molecular flexibility index (Phi) is 7.34. The number of phenols is 1. The Morgan fingerprint density at radius 1 is 1.09 bits per heavy atom. The van der Waals surface area contributed by atoms with E-state index in [1.54, 1.807) is 20.2 Å². The molecule has 43 heavy (non-hydrogen) atoms. The zero-order chi connectivity index (χ0) is 31.0. The molecule has 232 valence electrons. The lowest BCUT2D eigenvalue weighted by Crippen LogP contribution is -2.63. The van der Waals surface area contributed by atoms with Gasteiger partial charge in [-0.3, -0.25) is 24.2 Å². The van der Waals surface area contributed by atoms with E-state index in [1.807, 2.05) is 0 Å². The van der Waals surface area contributed by atoms with Crippen molar-refractivity contribution >= 4 is 17.5 Å². The van der Waals surface area contributed by atoms with Gasteiger partial charge >= 0.3 is 0 Å². The molecule has 2 saturated carbocycles. The number of phenolic OH excluding ortho intramolecular Hbond substituents is 1. The van der Waals surface area contributed by atoms with Crippen LogP contribution in [0.15, 0.2) is 28.7 Å². The summed E-state index contributed by atoms with van der Waals surface area (Å²) < 4.78 is 5.90. The molecule has 6 rings (SSSR count). The number of ketones is 2. The third kappa shape index (κ3) is 4.63. The Morgan fingerprint density at radius 3 is 2.28 bits per heavy atom. The number of carbonyl (C=O) groups is 3. The van der Waals surface area contributed by atoms with Gasteiger partial charge in [0.05, 0.1) is 18.7 Å². The second-order valence-electron chi connectivity index (χ2n) is 13.3. The number of carbonyl (C=O) groups excluding carboxylic acids is 3. The Labute approximate surface area is 250 Å². The van der Waals surface area contributed by atoms with E-state index in [9.17, 15) is 34.8 Å². The van der Waals surface area contributed by atoms with Crippen molar-refractivity contribution in [2.45, 2.75) is 63.1 Å². The standard InChI is InChI=1S/C32H41N3O8/c1-34(2)25-20-10-17-9-19-23(26(37)22(17)29(39)32(20,42)30(40)24(27(25)38)31(33)41)21(36)11-18(28(19)43-3)14-35(13-16-7-8-16)12-15-5-4-6-15/h11,15-17,20,25,36,38-39,42H,4-10,12-14H2,1-3H3,(H2,33,41)/t17-,20-,25-,32-/m0/s1. The average Bonchev–Trinajstić information content (AvgIpc) is 3.72. The number of nitrogens with zero attached hydrogens (tertiary/aromatic N) is 2. The van der Waals surface area contributed by atoms with Gasteiger partial charge in [0, 0.05) is 42.3 Å². The molecule has 0 spiro atoms. The minimum absolute atomic E-state index is 0.0332. The van der Waals surface area contributed by atoms with Crippen molar-refractivity contribution in [2.75, 3.05) is 34.3 Å². The Morgan fingerprint density at radius 2 is 1.74 bits per heavy atom. The number of methoxy groups -OCH3 is 1. The van der Waals surface area contributed by atoms with Gasteiger partial charge < -0.3 is 30.9 Å². The summed E-state index contributed by atoms with van der Waals surface area (Å²) in [6, 6.07) is 0.517. The largest absolute Gasteiger partial charge is 0.510 e. The molecule has 0 aromatic heterocycles. The number of fused-ring (bicyclic) bond motifs is 3. The number of nitrogens with two attached hydrogens (primary N) is 1. The van der Waals surface area contributed by atoms with Crippen LogP contribution in [-0.2, 0) is 22.6 Å². The quantitative estimate of drug-likeness (QED) is 0.266. The molecule has 0 radical (unpaired) electrons. The van der Waals surface area contributed by atoms with E-state index in [1.165, 1.54) is 44.1 Å². The number of aromatic hydroxyl groups is 1. The summed E-state index contributed by atoms with van der Waals surface area (Å²) >= 11 is 0. The maximum absolute atomic E-state index is 14.0. The normalized spacial score (nSPS) is 29.0. The SMILES string of the molecule is COc1c(CN(CC2CCC2)CC2CC2)cc(O)c2c1C[C@H]1C[C@H]3[C@H](N(C)C)C(O)=C(C(N)=O)C(=O)[C@@]3(O)C(O)=C1C2=O. The van der Waals surface area contributed by atoms with Crippen molar-refractivity contribution in [2.24, 2.45) is 29.4 Å². The molecule has 5 aliphatic carbocycles. The van der Waals surface area contributed by atoms with E-state index < -0.39 is 58.0 Å². The Hall–Kier alpha value is -3.41. The second-order valence-corrected chi connectivity index (χ2v) is 13.3. The topological polar surface area (TPSA) is 174 Å². The van der Waals surface area contributed by atoms with Crippen LogP contribution in [-0.4, -0.2) is 93.6 Å². The number of allylic oxidation sites excluding steroid dienone is 1. The van der Waals surface area contributed by atoms with Gasteiger partial charge in [0.15, 0.2) is 11.4 Å². The minimum atomic E-state index is -2.66. The first-order chi connectivity index (χ1) is 20.4. The van der Waals surface area contributed by atoms with Crippen LogP contribution >= 0.6 is 0 Å². The first-order valence-corrected chi connectivity index (χ1v) is 15.2. The fourth-order valence-electron chi connectivity index (χ4n) is 7.88. The zero-order valence-corrected chi connectivity index (χ0v) is 24.9. The van der Waals surface area contributed by atoms with Crippen LogP contribution in [0.5, 0.6) is 11.5 Å². The molecule has 0 unspecified atom stereocenters. The van der Waals surface area contributed by atoms with Gasteiger partial charge in [0.25, 0.3) is 5.91 Å². The van der Waals surface area contributed by atoms with E-state index in [4.69, 9.17) is 10.5 Å². The summed E-state index contributed by atoms with van der Waals surface area (Å²) in [5, 5.41) is 45.5. The summed E-state index contributed by atoms with van der Waals surface area (Å²) in [5.41, 5.74) is 3.02. The van der Waals surface area contributed by atoms with Crippen LogP contribution < -0.4 is 10.5 Å². The molecule has 11 nitrogen and oxygen atoms in total. The molecule has 0 saturated heterocycles. The summed E-state index contributed by atoms with van der Waals surface area (Å²) in [6.45, 7) is 2.52. The van der Waals surface area contributed by atoms with Crippen LogP contribution in [0.25, 0.3) is 0 Å². The third-order valence-corrected chi connectivity index (χ3v) is 10.3. The van der Waals surface area contributed by atoms with Crippen LogP contribution in [0.1, 0.15) is 60.0 Å². The molecule has 0 heterocycles. The van der Waals surface area contributed by atoms with Gasteiger partial charge in [-0.1, -0.05) is 6.42 Å². The van der Waals surface area contributed by atoms with Crippen LogP contribution in [0, 0.1) is 23.7 Å². The lowest BCUT2D eigenvalue weighted by atomic mass is 9.58. The highest BCUT2D eigenvalue weighted by Crippen LogP contribution is 2.53. The number of likely N-dealkylation sites (N-methyl/N-ethyl adjacent to an activating group) is 1. The number of hydrogen-bond acceptors (Lipinski definition) is 10. The number of rotatable bonds is 9. The molecule has 5 aliphatic rings. The predicted molar refractivity (Wildman–Crippen MR) is 156 cm³/mol. The highest BCUT2D eigenvalue weighted by Gasteiger charge is 2.63. The van der Waals surface area contributed by atoms with Crippen molar-refractivity contribution in [3.63, 3.8) is 0 Å². The number of ether oxygens (including phenoxy) is 1. The van der Waals surface area contributed by atoms with E-state index in [0.717, 1.165) is 18.7 Å². The summed E-state index contributed by atoms with van der Waals surface area (Å²) in [7, 11) is 4.76. The van der Waals surface area contributed by atoms with Crippen molar-refractivity contribution in [3.05, 3.63) is 45.4 Å². The third-order valence-electron chi connectivity index (χ3n) is 10.3. The van der Waals surface area contributed by atoms with Gasteiger partial charge in [0.1, 0.15) is 28.6 Å². The van der Waals surface area contributed by atoms with Gasteiger partial charge in [-0.05, 0) is 76.4 Å². The number of primary amides is 1. The fourth-order valence-corrected chi connectivity index (χ4v) is 7.88. The first-order valence-electron chi connectivity index (χ1n) is 15.2. The highest BCUT2D eigenvalue weighted by atomic mass is 16.5. The van der Waals surface area contributed by atoms with E-state index in [2.05, 4.69) is 4.90 Å². The van der Waals surface area contributed by atoms with Crippen LogP contribution in [0.3, 0.4) is 0 Å². The van der Waals surface area contributed by atoms with Crippen LogP contribution in [0.2, 0.25) is 0 Å². The van der Waals surface area contributed by atoms with Crippen molar-refractivity contribution in [1.82, 2.24) is 9.80 Å². The second kappa shape index (κ2) is 10.6. The minimum Gasteiger partial charge on any atom is -0.510 e. The van der Waals surface area contributed by atoms with E-state index >= 15 is 0 Å².